The van der Waals surface area contributed by atoms with Crippen molar-refractivity contribution in [2.24, 2.45) is 5.92 Å². The molecule has 3 atom stereocenters. The number of esters is 1. The van der Waals surface area contributed by atoms with Crippen LogP contribution in [0.5, 0.6) is 0 Å². The first-order chi connectivity index (χ1) is 10.3. The molecule has 1 aromatic rings. The lowest BCUT2D eigenvalue weighted by atomic mass is 9.86. The van der Waals surface area contributed by atoms with E-state index in [1.54, 1.807) is 31.2 Å². The van der Waals surface area contributed by atoms with Gasteiger partial charge in [-0.3, -0.25) is 4.79 Å². The fourth-order valence-electron chi connectivity index (χ4n) is 2.18. The normalized spacial score (nSPS) is 21.7. The number of benzene rings is 1. The third-order valence-corrected chi connectivity index (χ3v) is 4.26. The van der Waals surface area contributed by atoms with E-state index in [0.717, 1.165) is 0 Å². The van der Waals surface area contributed by atoms with Crippen molar-refractivity contribution in [2.75, 3.05) is 0 Å². The van der Waals surface area contributed by atoms with Crippen LogP contribution >= 0.6 is 0 Å². The van der Waals surface area contributed by atoms with E-state index in [4.69, 9.17) is 4.74 Å². The van der Waals surface area contributed by atoms with Crippen molar-refractivity contribution in [1.82, 2.24) is 5.32 Å². The minimum Gasteiger partial charge on any atom is -0.458 e. The van der Waals surface area contributed by atoms with Crippen LogP contribution in [0.3, 0.4) is 0 Å². The Bertz CT molecular complexity index is 625. The first-order valence-corrected chi connectivity index (χ1v) is 10.9. The van der Waals surface area contributed by atoms with E-state index in [-0.39, 0.29) is 11.9 Å². The van der Waals surface area contributed by atoms with Gasteiger partial charge in [0.05, 0.1) is 5.56 Å². The summed E-state index contributed by atoms with van der Waals surface area (Å²) in [5, 5.41) is 2.78. The molecule has 5 heteroatoms. The number of β-lactam (4-membered cyclic amide) rings is 1. The van der Waals surface area contributed by atoms with Crippen LogP contribution in [0, 0.1) is 17.4 Å². The lowest BCUT2D eigenvalue weighted by molar-refractivity contribution is -0.138. The van der Waals surface area contributed by atoms with E-state index in [2.05, 4.69) is 36.4 Å². The van der Waals surface area contributed by atoms with Crippen molar-refractivity contribution >= 4 is 20.0 Å². The van der Waals surface area contributed by atoms with Crippen LogP contribution in [0.4, 0.5) is 0 Å². The number of carbonyl (C=O) groups is 2. The molecule has 1 aliphatic heterocycles. The number of amides is 1. The molecule has 0 spiro atoms. The molecule has 3 unspecified atom stereocenters. The van der Waals surface area contributed by atoms with Gasteiger partial charge in [-0.05, 0) is 19.1 Å². The molecule has 4 nitrogen and oxygen atoms in total. The minimum atomic E-state index is -1.49. The van der Waals surface area contributed by atoms with Gasteiger partial charge in [0.25, 0.3) is 0 Å². The van der Waals surface area contributed by atoms with Gasteiger partial charge in [-0.25, -0.2) is 4.79 Å². The van der Waals surface area contributed by atoms with Crippen LogP contribution in [0.25, 0.3) is 0 Å². The smallest absolute Gasteiger partial charge is 0.338 e. The van der Waals surface area contributed by atoms with Crippen molar-refractivity contribution in [3.8, 4) is 11.5 Å². The second-order valence-electron chi connectivity index (χ2n) is 6.51. The van der Waals surface area contributed by atoms with Crippen LogP contribution in [0.2, 0.25) is 19.6 Å². The standard InChI is InChI=1S/C17H21NO3Si/c1-12(21-17(20)13-8-6-5-7-9-13)15-14(18-16(15)19)10-11-22(2,3)4/h5-9,12,14-15H,1-4H3,(H,18,19). The maximum absolute atomic E-state index is 12.0. The van der Waals surface area contributed by atoms with Crippen molar-refractivity contribution in [2.45, 2.75) is 38.7 Å². The van der Waals surface area contributed by atoms with E-state index < -0.39 is 26.1 Å². The summed E-state index contributed by atoms with van der Waals surface area (Å²) in [5.74, 6) is 2.21. The van der Waals surface area contributed by atoms with Gasteiger partial charge in [0.1, 0.15) is 26.1 Å². The zero-order valence-corrected chi connectivity index (χ0v) is 14.3. The van der Waals surface area contributed by atoms with Gasteiger partial charge in [-0.1, -0.05) is 43.8 Å². The molecule has 1 saturated heterocycles. The third-order valence-electron chi connectivity index (χ3n) is 3.37. The maximum Gasteiger partial charge on any atom is 0.338 e. The van der Waals surface area contributed by atoms with Gasteiger partial charge in [0.2, 0.25) is 5.91 Å². The van der Waals surface area contributed by atoms with Gasteiger partial charge in [-0.15, -0.1) is 5.54 Å². The molecule has 1 heterocycles. The Morgan fingerprint density at radius 3 is 2.45 bits per heavy atom. The largest absolute Gasteiger partial charge is 0.458 e. The van der Waals surface area contributed by atoms with E-state index in [9.17, 15) is 9.59 Å². The number of hydrogen-bond acceptors (Lipinski definition) is 3. The van der Waals surface area contributed by atoms with E-state index in [1.807, 2.05) is 6.07 Å². The molecule has 0 aliphatic carbocycles. The lowest BCUT2D eigenvalue weighted by Gasteiger charge is -2.36. The van der Waals surface area contributed by atoms with Crippen molar-refractivity contribution in [3.05, 3.63) is 35.9 Å². The highest BCUT2D eigenvalue weighted by atomic mass is 28.3. The number of carbonyl (C=O) groups excluding carboxylic acids is 2. The van der Waals surface area contributed by atoms with E-state index in [0.29, 0.717) is 5.56 Å². The molecule has 0 aromatic heterocycles. The fraction of sp³-hybridized carbons (Fsp3) is 0.412. The summed E-state index contributed by atoms with van der Waals surface area (Å²) in [7, 11) is -1.49. The summed E-state index contributed by atoms with van der Waals surface area (Å²) < 4.78 is 5.42. The fourth-order valence-corrected chi connectivity index (χ4v) is 2.77. The number of hydrogen-bond donors (Lipinski definition) is 1. The Hall–Kier alpha value is -2.06. The Morgan fingerprint density at radius 2 is 1.91 bits per heavy atom. The predicted molar refractivity (Wildman–Crippen MR) is 87.9 cm³/mol. The predicted octanol–water partition coefficient (Wildman–Crippen LogP) is 2.23. The van der Waals surface area contributed by atoms with Gasteiger partial charge in [-0.2, -0.15) is 0 Å². The monoisotopic (exact) mass is 315 g/mol. The van der Waals surface area contributed by atoms with Crippen molar-refractivity contribution in [3.63, 3.8) is 0 Å². The molecule has 116 valence electrons. The molecule has 1 N–H and O–H groups in total. The van der Waals surface area contributed by atoms with Crippen LogP contribution < -0.4 is 5.32 Å². The first-order valence-electron chi connectivity index (χ1n) is 7.37. The quantitative estimate of drug-likeness (QED) is 0.403. The Labute approximate surface area is 132 Å². The Morgan fingerprint density at radius 1 is 1.27 bits per heavy atom. The highest BCUT2D eigenvalue weighted by Gasteiger charge is 2.44. The zero-order chi connectivity index (χ0) is 16.3. The van der Waals surface area contributed by atoms with Gasteiger partial charge in [0.15, 0.2) is 0 Å². The Kier molecular flexibility index (Phi) is 4.72. The van der Waals surface area contributed by atoms with Crippen molar-refractivity contribution < 1.29 is 14.3 Å². The molecule has 1 aliphatic rings. The molecule has 2 rings (SSSR count). The van der Waals surface area contributed by atoms with Gasteiger partial charge >= 0.3 is 5.97 Å². The van der Waals surface area contributed by atoms with Gasteiger partial charge in [0, 0.05) is 0 Å². The average Bonchev–Trinajstić information content (AvgIpc) is 2.42. The molecule has 1 amide bonds. The van der Waals surface area contributed by atoms with Gasteiger partial charge < -0.3 is 10.1 Å². The lowest BCUT2D eigenvalue weighted by Crippen LogP contribution is -2.62. The summed E-state index contributed by atoms with van der Waals surface area (Å²) in [5.41, 5.74) is 3.73. The van der Waals surface area contributed by atoms with Crippen LogP contribution in [-0.2, 0) is 9.53 Å². The summed E-state index contributed by atoms with van der Waals surface area (Å²) in [4.78, 5) is 23.8. The SMILES string of the molecule is CC(OC(=O)c1ccccc1)C1C(=O)NC1C#C[Si](C)(C)C. The summed E-state index contributed by atoms with van der Waals surface area (Å²) in [6, 6.07) is 8.55. The summed E-state index contributed by atoms with van der Waals surface area (Å²) >= 11 is 0. The summed E-state index contributed by atoms with van der Waals surface area (Å²) in [6.45, 7) is 8.19. The molecule has 0 radical (unpaired) electrons. The highest BCUT2D eigenvalue weighted by molar-refractivity contribution is 6.83. The van der Waals surface area contributed by atoms with E-state index in [1.165, 1.54) is 0 Å². The van der Waals surface area contributed by atoms with Crippen LogP contribution in [-0.4, -0.2) is 32.1 Å². The topological polar surface area (TPSA) is 55.4 Å². The molecule has 0 saturated carbocycles. The van der Waals surface area contributed by atoms with Crippen LogP contribution in [0.1, 0.15) is 17.3 Å². The Balaban J connectivity index is 2.01. The molecule has 1 aromatic carbocycles. The van der Waals surface area contributed by atoms with E-state index >= 15 is 0 Å². The van der Waals surface area contributed by atoms with Crippen LogP contribution in [0.15, 0.2) is 30.3 Å². The second kappa shape index (κ2) is 6.37. The molecular formula is C17H21NO3Si. The first kappa shape index (κ1) is 16.3. The molecule has 0 bridgehead atoms. The molecule has 1 fully saturated rings. The molecule has 22 heavy (non-hydrogen) atoms. The minimum absolute atomic E-state index is 0.108. The second-order valence-corrected chi connectivity index (χ2v) is 11.3. The average molecular weight is 315 g/mol. The zero-order valence-electron chi connectivity index (χ0n) is 13.3. The number of rotatable bonds is 3. The number of nitrogens with one attached hydrogen (secondary N) is 1. The third kappa shape index (κ3) is 3.98. The molecular weight excluding hydrogens is 294 g/mol. The maximum atomic E-state index is 12.0. The van der Waals surface area contributed by atoms with Crippen molar-refractivity contribution in [1.29, 1.82) is 0 Å². The summed E-state index contributed by atoms with van der Waals surface area (Å²) in [6.07, 6.45) is -0.498. The number of ether oxygens (including phenoxy) is 1. The highest BCUT2D eigenvalue weighted by Crippen LogP contribution is 2.22.